The molecule has 0 amide bonds. The lowest BCUT2D eigenvalue weighted by Crippen LogP contribution is -2.41. The average Bonchev–Trinajstić information content (AvgIpc) is 3.08. The van der Waals surface area contributed by atoms with Gasteiger partial charge in [0.15, 0.2) is 5.96 Å². The van der Waals surface area contributed by atoms with Gasteiger partial charge in [0.05, 0.1) is 19.8 Å². The molecule has 0 saturated carbocycles. The second kappa shape index (κ2) is 12.5. The predicted molar refractivity (Wildman–Crippen MR) is 119 cm³/mol. The number of halogens is 1. The molecular formula is C20H34IN3O2. The van der Waals surface area contributed by atoms with Crippen molar-refractivity contribution in [2.45, 2.75) is 26.2 Å². The molecule has 0 radical (unpaired) electrons. The number of ether oxygens (including phenoxy) is 2. The minimum absolute atomic E-state index is 0. The Morgan fingerprint density at radius 2 is 2.19 bits per heavy atom. The summed E-state index contributed by atoms with van der Waals surface area (Å²) in [6, 6.07) is 8.73. The number of nitrogens with zero attached hydrogens (tertiary/aromatic N) is 2. The van der Waals surface area contributed by atoms with Crippen LogP contribution in [0.25, 0.3) is 0 Å². The van der Waals surface area contributed by atoms with E-state index in [0.29, 0.717) is 25.0 Å². The maximum atomic E-state index is 5.67. The Labute approximate surface area is 175 Å². The highest BCUT2D eigenvalue weighted by Gasteiger charge is 2.25. The van der Waals surface area contributed by atoms with E-state index in [1.165, 1.54) is 11.1 Å². The second-order valence-corrected chi connectivity index (χ2v) is 6.91. The van der Waals surface area contributed by atoms with E-state index in [4.69, 9.17) is 9.47 Å². The summed E-state index contributed by atoms with van der Waals surface area (Å²) >= 11 is 0. The van der Waals surface area contributed by atoms with Crippen LogP contribution in [0.4, 0.5) is 0 Å². The van der Waals surface area contributed by atoms with Crippen LogP contribution < -0.4 is 5.32 Å². The third-order valence-electron chi connectivity index (χ3n) is 4.76. The van der Waals surface area contributed by atoms with Crippen molar-refractivity contribution in [1.82, 2.24) is 10.2 Å². The molecule has 26 heavy (non-hydrogen) atoms. The number of likely N-dealkylation sites (tertiary alicyclic amines) is 1. The average molecular weight is 475 g/mol. The summed E-state index contributed by atoms with van der Waals surface area (Å²) in [7, 11) is 3.57. The van der Waals surface area contributed by atoms with Gasteiger partial charge in [-0.3, -0.25) is 4.99 Å². The summed E-state index contributed by atoms with van der Waals surface area (Å²) in [5.74, 6) is 2.02. The van der Waals surface area contributed by atoms with E-state index < -0.39 is 0 Å². The Morgan fingerprint density at radius 1 is 1.38 bits per heavy atom. The molecule has 1 fully saturated rings. The van der Waals surface area contributed by atoms with Gasteiger partial charge in [0, 0.05) is 39.7 Å². The molecular weight excluding hydrogens is 441 g/mol. The lowest BCUT2D eigenvalue weighted by molar-refractivity contribution is 0.0536. The Bertz CT molecular complexity index is 554. The van der Waals surface area contributed by atoms with Crippen LogP contribution in [-0.2, 0) is 9.47 Å². The van der Waals surface area contributed by atoms with E-state index in [9.17, 15) is 0 Å². The van der Waals surface area contributed by atoms with E-state index >= 15 is 0 Å². The van der Waals surface area contributed by atoms with E-state index in [2.05, 4.69) is 53.3 Å². The molecule has 1 aliphatic rings. The number of hydrogen-bond acceptors (Lipinski definition) is 3. The fourth-order valence-corrected chi connectivity index (χ4v) is 3.22. The zero-order chi connectivity index (χ0) is 18.1. The van der Waals surface area contributed by atoms with Crippen LogP contribution in [-0.4, -0.2) is 64.5 Å². The maximum absolute atomic E-state index is 5.67. The van der Waals surface area contributed by atoms with Crippen molar-refractivity contribution < 1.29 is 9.47 Å². The van der Waals surface area contributed by atoms with Gasteiger partial charge in [-0.25, -0.2) is 0 Å². The van der Waals surface area contributed by atoms with Crippen molar-refractivity contribution in [3.05, 3.63) is 35.4 Å². The van der Waals surface area contributed by atoms with Crippen molar-refractivity contribution in [2.24, 2.45) is 10.9 Å². The van der Waals surface area contributed by atoms with Crippen molar-refractivity contribution in [3.63, 3.8) is 0 Å². The minimum Gasteiger partial charge on any atom is -0.382 e. The highest BCUT2D eigenvalue weighted by molar-refractivity contribution is 14.0. The third kappa shape index (κ3) is 7.40. The molecule has 0 aromatic heterocycles. The van der Waals surface area contributed by atoms with Crippen molar-refractivity contribution in [3.8, 4) is 0 Å². The van der Waals surface area contributed by atoms with Gasteiger partial charge in [0.2, 0.25) is 0 Å². The van der Waals surface area contributed by atoms with Crippen LogP contribution in [0.15, 0.2) is 29.3 Å². The number of hydrogen-bond donors (Lipinski definition) is 1. The van der Waals surface area contributed by atoms with Gasteiger partial charge in [-0.05, 0) is 24.8 Å². The SMILES string of the molecule is CN=C(NCC(C)c1cccc(C)c1)N1CCC(COCCOC)C1.I. The number of guanidine groups is 1. The molecule has 0 aliphatic carbocycles. The van der Waals surface area contributed by atoms with Gasteiger partial charge in [0.1, 0.15) is 0 Å². The number of aryl methyl sites for hydroxylation is 1. The topological polar surface area (TPSA) is 46.1 Å². The van der Waals surface area contributed by atoms with Crippen LogP contribution >= 0.6 is 24.0 Å². The summed E-state index contributed by atoms with van der Waals surface area (Å²) in [5, 5.41) is 3.54. The predicted octanol–water partition coefficient (Wildman–Crippen LogP) is 3.28. The maximum Gasteiger partial charge on any atom is 0.193 e. The first-order valence-corrected chi connectivity index (χ1v) is 9.23. The van der Waals surface area contributed by atoms with E-state index in [1.54, 1.807) is 7.11 Å². The standard InChI is InChI=1S/C20H33N3O2.HI/c1-16-6-5-7-19(12-16)17(2)13-22-20(21-3)23-9-8-18(14-23)15-25-11-10-24-4;/h5-7,12,17-18H,8-11,13-15H2,1-4H3,(H,21,22);1H. The van der Waals surface area contributed by atoms with Crippen LogP contribution in [0.1, 0.15) is 30.4 Å². The fraction of sp³-hybridized carbons (Fsp3) is 0.650. The molecule has 2 unspecified atom stereocenters. The van der Waals surface area contributed by atoms with Gasteiger partial charge >= 0.3 is 0 Å². The number of methoxy groups -OCH3 is 1. The molecule has 1 aromatic rings. The molecule has 6 heteroatoms. The van der Waals surface area contributed by atoms with Gasteiger partial charge in [-0.1, -0.05) is 36.8 Å². The van der Waals surface area contributed by atoms with Crippen molar-refractivity contribution in [1.29, 1.82) is 0 Å². The molecule has 1 heterocycles. The molecule has 5 nitrogen and oxygen atoms in total. The smallest absolute Gasteiger partial charge is 0.193 e. The molecule has 0 bridgehead atoms. The van der Waals surface area contributed by atoms with Gasteiger partial charge < -0.3 is 19.7 Å². The second-order valence-electron chi connectivity index (χ2n) is 6.91. The van der Waals surface area contributed by atoms with E-state index in [-0.39, 0.29) is 24.0 Å². The summed E-state index contributed by atoms with van der Waals surface area (Å²) in [5.41, 5.74) is 2.68. The number of nitrogens with one attached hydrogen (secondary N) is 1. The monoisotopic (exact) mass is 475 g/mol. The van der Waals surface area contributed by atoms with Crippen molar-refractivity contribution in [2.75, 3.05) is 53.6 Å². The molecule has 1 aliphatic heterocycles. The first kappa shape index (κ1) is 23.2. The Balaban J connectivity index is 0.00000338. The summed E-state index contributed by atoms with van der Waals surface area (Å²) in [6.07, 6.45) is 1.15. The zero-order valence-electron chi connectivity index (χ0n) is 16.5. The fourth-order valence-electron chi connectivity index (χ4n) is 3.22. The highest BCUT2D eigenvalue weighted by Crippen LogP contribution is 2.18. The quantitative estimate of drug-likeness (QED) is 0.271. The van der Waals surface area contributed by atoms with E-state index in [1.807, 2.05) is 7.05 Å². The molecule has 1 saturated heterocycles. The molecule has 1 N–H and O–H groups in total. The Kier molecular flexibility index (Phi) is 11.2. The third-order valence-corrected chi connectivity index (χ3v) is 4.76. The number of benzene rings is 1. The zero-order valence-corrected chi connectivity index (χ0v) is 18.9. The van der Waals surface area contributed by atoms with Gasteiger partial charge in [-0.15, -0.1) is 24.0 Å². The van der Waals surface area contributed by atoms with Crippen LogP contribution in [0.2, 0.25) is 0 Å². The van der Waals surface area contributed by atoms with Crippen LogP contribution in [0.5, 0.6) is 0 Å². The van der Waals surface area contributed by atoms with E-state index in [0.717, 1.165) is 38.6 Å². The Hall–Kier alpha value is -0.860. The minimum atomic E-state index is 0. The largest absolute Gasteiger partial charge is 0.382 e. The summed E-state index contributed by atoms with van der Waals surface area (Å²) in [4.78, 5) is 6.81. The molecule has 148 valence electrons. The summed E-state index contributed by atoms with van der Waals surface area (Å²) < 4.78 is 10.7. The Morgan fingerprint density at radius 3 is 2.88 bits per heavy atom. The lowest BCUT2D eigenvalue weighted by atomic mass is 9.99. The highest BCUT2D eigenvalue weighted by atomic mass is 127. The molecule has 2 rings (SSSR count). The first-order chi connectivity index (χ1) is 12.1. The summed E-state index contributed by atoms with van der Waals surface area (Å²) in [6.45, 7) is 9.47. The molecule has 1 aromatic carbocycles. The van der Waals surface area contributed by atoms with Crippen molar-refractivity contribution >= 4 is 29.9 Å². The molecule has 2 atom stereocenters. The normalized spacial score (nSPS) is 18.5. The number of aliphatic imine (C=N–C) groups is 1. The first-order valence-electron chi connectivity index (χ1n) is 9.23. The van der Waals surface area contributed by atoms with Crippen LogP contribution in [0.3, 0.4) is 0 Å². The van der Waals surface area contributed by atoms with Gasteiger partial charge in [0.25, 0.3) is 0 Å². The lowest BCUT2D eigenvalue weighted by Gasteiger charge is -2.23. The van der Waals surface area contributed by atoms with Gasteiger partial charge in [-0.2, -0.15) is 0 Å². The van der Waals surface area contributed by atoms with Crippen LogP contribution in [0, 0.1) is 12.8 Å². The molecule has 0 spiro atoms. The number of rotatable bonds is 8.